The molecule has 1 aliphatic heterocycles. The van der Waals surface area contributed by atoms with E-state index in [0.29, 0.717) is 46.2 Å². The molecule has 9 heteroatoms. The van der Waals surface area contributed by atoms with Gasteiger partial charge in [-0.2, -0.15) is 0 Å². The number of nitrogens with one attached hydrogen (secondary N) is 2. The monoisotopic (exact) mass is 457 g/mol. The average Bonchev–Trinajstić information content (AvgIpc) is 2.75. The van der Waals surface area contributed by atoms with E-state index in [-0.39, 0.29) is 5.91 Å². The Bertz CT molecular complexity index is 1090. The number of aromatic nitrogens is 2. The smallest absolute Gasteiger partial charge is 0.257 e. The Hall–Kier alpha value is -2.87. The summed E-state index contributed by atoms with van der Waals surface area (Å²) >= 11 is 12.0. The lowest BCUT2D eigenvalue weighted by Gasteiger charge is -2.28. The second-order valence-corrected chi connectivity index (χ2v) is 7.88. The van der Waals surface area contributed by atoms with Gasteiger partial charge in [0.25, 0.3) is 5.91 Å². The van der Waals surface area contributed by atoms with Crippen molar-refractivity contribution in [3.63, 3.8) is 0 Å². The maximum absolute atomic E-state index is 12.5. The van der Waals surface area contributed by atoms with E-state index in [1.807, 2.05) is 25.1 Å². The fraction of sp³-hybridized carbons (Fsp3) is 0.227. The van der Waals surface area contributed by atoms with Crippen molar-refractivity contribution in [2.75, 3.05) is 41.8 Å². The van der Waals surface area contributed by atoms with Gasteiger partial charge in [0, 0.05) is 35.6 Å². The van der Waals surface area contributed by atoms with Crippen LogP contribution in [0.25, 0.3) is 0 Å². The number of carbonyl (C=O) groups excluding carboxylic acids is 1. The maximum Gasteiger partial charge on any atom is 0.257 e. The number of nitrogens with zero attached hydrogens (tertiary/aromatic N) is 3. The number of ether oxygens (including phenoxy) is 1. The van der Waals surface area contributed by atoms with Crippen LogP contribution in [0.2, 0.25) is 10.0 Å². The third kappa shape index (κ3) is 5.44. The summed E-state index contributed by atoms with van der Waals surface area (Å²) in [6.07, 6.45) is 0. The fourth-order valence-electron chi connectivity index (χ4n) is 3.23. The second kappa shape index (κ2) is 9.51. The summed E-state index contributed by atoms with van der Waals surface area (Å²) < 4.78 is 5.41. The van der Waals surface area contributed by atoms with Gasteiger partial charge < -0.3 is 20.3 Å². The highest BCUT2D eigenvalue weighted by molar-refractivity contribution is 6.37. The molecule has 0 unspecified atom stereocenters. The summed E-state index contributed by atoms with van der Waals surface area (Å²) in [4.78, 5) is 23.7. The molecule has 2 aromatic carbocycles. The lowest BCUT2D eigenvalue weighted by molar-refractivity contribution is 0.102. The zero-order valence-electron chi connectivity index (χ0n) is 16.9. The van der Waals surface area contributed by atoms with Crippen molar-refractivity contribution in [1.29, 1.82) is 0 Å². The Kier molecular flexibility index (Phi) is 6.56. The lowest BCUT2D eigenvalue weighted by Crippen LogP contribution is -2.36. The van der Waals surface area contributed by atoms with Gasteiger partial charge in [-0.05, 0) is 49.4 Å². The minimum Gasteiger partial charge on any atom is -0.378 e. The first-order valence-corrected chi connectivity index (χ1v) is 10.6. The molecule has 0 saturated carbocycles. The molecule has 1 saturated heterocycles. The van der Waals surface area contributed by atoms with Gasteiger partial charge in [0.2, 0.25) is 0 Å². The topological polar surface area (TPSA) is 79.4 Å². The van der Waals surface area contributed by atoms with Crippen LogP contribution >= 0.6 is 23.2 Å². The molecule has 2 heterocycles. The first-order valence-electron chi connectivity index (χ1n) is 9.80. The number of amides is 1. The maximum atomic E-state index is 12.5. The summed E-state index contributed by atoms with van der Waals surface area (Å²) in [6, 6.07) is 14.0. The minimum atomic E-state index is -0.302. The number of halogens is 2. The minimum absolute atomic E-state index is 0.302. The van der Waals surface area contributed by atoms with Gasteiger partial charge in [-0.3, -0.25) is 4.79 Å². The summed E-state index contributed by atoms with van der Waals surface area (Å²) in [6.45, 7) is 4.87. The third-order valence-electron chi connectivity index (χ3n) is 4.75. The van der Waals surface area contributed by atoms with Crippen LogP contribution < -0.4 is 15.5 Å². The van der Waals surface area contributed by atoms with E-state index >= 15 is 0 Å². The quantitative estimate of drug-likeness (QED) is 0.565. The zero-order chi connectivity index (χ0) is 21.8. The molecule has 0 spiro atoms. The number of hydrogen-bond donors (Lipinski definition) is 2. The van der Waals surface area contributed by atoms with Gasteiger partial charge >= 0.3 is 0 Å². The Morgan fingerprint density at radius 2 is 1.71 bits per heavy atom. The van der Waals surface area contributed by atoms with Gasteiger partial charge in [0.15, 0.2) is 0 Å². The molecule has 1 aromatic heterocycles. The molecule has 4 rings (SSSR count). The van der Waals surface area contributed by atoms with Crippen LogP contribution in [0.4, 0.5) is 23.0 Å². The molecule has 1 aliphatic rings. The predicted molar refractivity (Wildman–Crippen MR) is 124 cm³/mol. The van der Waals surface area contributed by atoms with Crippen LogP contribution in [0, 0.1) is 6.92 Å². The van der Waals surface area contributed by atoms with Gasteiger partial charge in [0.1, 0.15) is 17.5 Å². The Labute approximate surface area is 190 Å². The van der Waals surface area contributed by atoms with Crippen molar-refractivity contribution in [2.24, 2.45) is 0 Å². The molecule has 0 bridgehead atoms. The van der Waals surface area contributed by atoms with Crippen LogP contribution in [-0.4, -0.2) is 42.2 Å². The number of hydrogen-bond acceptors (Lipinski definition) is 6. The van der Waals surface area contributed by atoms with E-state index in [0.717, 1.165) is 24.6 Å². The van der Waals surface area contributed by atoms with Gasteiger partial charge in [0.05, 0.1) is 23.8 Å². The van der Waals surface area contributed by atoms with E-state index in [2.05, 4.69) is 25.5 Å². The molecule has 2 N–H and O–H groups in total. The van der Waals surface area contributed by atoms with Crippen molar-refractivity contribution >= 4 is 52.1 Å². The number of benzene rings is 2. The van der Waals surface area contributed by atoms with Crippen LogP contribution in [0.3, 0.4) is 0 Å². The van der Waals surface area contributed by atoms with E-state index in [1.54, 1.807) is 30.3 Å². The summed E-state index contributed by atoms with van der Waals surface area (Å²) in [5.74, 6) is 1.97. The van der Waals surface area contributed by atoms with Crippen molar-refractivity contribution in [3.05, 3.63) is 70.0 Å². The number of anilines is 4. The summed E-state index contributed by atoms with van der Waals surface area (Å²) in [5, 5.41) is 6.91. The molecular weight excluding hydrogens is 437 g/mol. The predicted octanol–water partition coefficient (Wildman–Crippen LogP) is 4.92. The highest BCUT2D eigenvalue weighted by Crippen LogP contribution is 2.24. The first kappa shape index (κ1) is 21.4. The second-order valence-electron chi connectivity index (χ2n) is 7.04. The molecule has 160 valence electrons. The molecule has 7 nitrogen and oxygen atoms in total. The standard InChI is InChI=1S/C22H21Cl2N5O2/c1-14-25-20(13-21(26-14)29-8-10-31-11-9-29)27-16-3-5-17(6-4-16)28-22(30)18-7-2-15(23)12-19(18)24/h2-7,12-13H,8-11H2,1H3,(H,28,30)(H,25,26,27). The highest BCUT2D eigenvalue weighted by Gasteiger charge is 2.14. The van der Waals surface area contributed by atoms with E-state index < -0.39 is 0 Å². The van der Waals surface area contributed by atoms with Crippen molar-refractivity contribution in [1.82, 2.24) is 9.97 Å². The molecular formula is C22H21Cl2N5O2. The van der Waals surface area contributed by atoms with Crippen LogP contribution in [0.5, 0.6) is 0 Å². The number of aryl methyl sites for hydroxylation is 1. The normalized spacial score (nSPS) is 13.7. The van der Waals surface area contributed by atoms with Crippen molar-refractivity contribution in [3.8, 4) is 0 Å². The average molecular weight is 458 g/mol. The van der Waals surface area contributed by atoms with E-state index in [9.17, 15) is 4.79 Å². The van der Waals surface area contributed by atoms with Crippen molar-refractivity contribution in [2.45, 2.75) is 6.92 Å². The molecule has 1 amide bonds. The Morgan fingerprint density at radius 1 is 1.00 bits per heavy atom. The lowest BCUT2D eigenvalue weighted by atomic mass is 10.2. The van der Waals surface area contributed by atoms with Gasteiger partial charge in [-0.15, -0.1) is 0 Å². The third-order valence-corrected chi connectivity index (χ3v) is 5.30. The number of carbonyl (C=O) groups is 1. The van der Waals surface area contributed by atoms with Crippen LogP contribution in [-0.2, 0) is 4.74 Å². The molecule has 0 atom stereocenters. The van der Waals surface area contributed by atoms with E-state index in [4.69, 9.17) is 27.9 Å². The summed E-state index contributed by atoms with van der Waals surface area (Å²) in [5.41, 5.74) is 1.85. The number of morpholine rings is 1. The Balaban J connectivity index is 1.44. The van der Waals surface area contributed by atoms with Gasteiger partial charge in [-0.1, -0.05) is 23.2 Å². The summed E-state index contributed by atoms with van der Waals surface area (Å²) in [7, 11) is 0. The molecule has 0 radical (unpaired) electrons. The molecule has 1 fully saturated rings. The van der Waals surface area contributed by atoms with Crippen molar-refractivity contribution < 1.29 is 9.53 Å². The largest absolute Gasteiger partial charge is 0.378 e. The molecule has 3 aromatic rings. The number of rotatable bonds is 5. The fourth-order valence-corrected chi connectivity index (χ4v) is 3.72. The molecule has 0 aliphatic carbocycles. The SMILES string of the molecule is Cc1nc(Nc2ccc(NC(=O)c3ccc(Cl)cc3Cl)cc2)cc(N2CCOCC2)n1. The Morgan fingerprint density at radius 3 is 2.42 bits per heavy atom. The first-order chi connectivity index (χ1) is 15.0. The highest BCUT2D eigenvalue weighted by atomic mass is 35.5. The van der Waals surface area contributed by atoms with Crippen LogP contribution in [0.1, 0.15) is 16.2 Å². The van der Waals surface area contributed by atoms with E-state index in [1.165, 1.54) is 0 Å². The van der Waals surface area contributed by atoms with Crippen LogP contribution in [0.15, 0.2) is 48.5 Å². The van der Waals surface area contributed by atoms with Gasteiger partial charge in [-0.25, -0.2) is 9.97 Å². The zero-order valence-corrected chi connectivity index (χ0v) is 18.4. The molecule has 31 heavy (non-hydrogen) atoms.